The van der Waals surface area contributed by atoms with E-state index in [1.165, 1.54) is 36.0 Å². The molecular formula is C19H27N3O. The lowest BCUT2D eigenvalue weighted by Gasteiger charge is -2.38. The molecule has 2 fully saturated rings. The van der Waals surface area contributed by atoms with Gasteiger partial charge in [0.25, 0.3) is 0 Å². The summed E-state index contributed by atoms with van der Waals surface area (Å²) in [5, 5.41) is 1.27. The summed E-state index contributed by atoms with van der Waals surface area (Å²) < 4.78 is 5.97. The third-order valence-electron chi connectivity index (χ3n) is 5.83. The van der Waals surface area contributed by atoms with E-state index in [-0.39, 0.29) is 6.10 Å². The van der Waals surface area contributed by atoms with Gasteiger partial charge in [-0.15, -0.1) is 0 Å². The third-order valence-corrected chi connectivity index (χ3v) is 5.83. The summed E-state index contributed by atoms with van der Waals surface area (Å²) in [7, 11) is 0. The average Bonchev–Trinajstić information content (AvgIpc) is 3.20. The van der Waals surface area contributed by atoms with Crippen LogP contribution in [-0.2, 0) is 11.3 Å². The Bertz CT molecular complexity index is 674. The maximum absolute atomic E-state index is 5.97. The molecule has 0 spiro atoms. The first-order chi connectivity index (χ1) is 11.2. The number of pyridine rings is 1. The quantitative estimate of drug-likeness (QED) is 0.930. The van der Waals surface area contributed by atoms with E-state index in [0.29, 0.717) is 6.04 Å². The van der Waals surface area contributed by atoms with Crippen molar-refractivity contribution in [1.29, 1.82) is 0 Å². The summed E-state index contributed by atoms with van der Waals surface area (Å²) in [5.41, 5.74) is 3.67. The number of nitrogens with one attached hydrogen (secondary N) is 1. The van der Waals surface area contributed by atoms with Crippen molar-refractivity contribution in [3.8, 4) is 0 Å². The first kappa shape index (κ1) is 15.2. The van der Waals surface area contributed by atoms with Crippen LogP contribution in [0.4, 0.5) is 0 Å². The summed E-state index contributed by atoms with van der Waals surface area (Å²) >= 11 is 0. The fraction of sp³-hybridized carbons (Fsp3) is 0.632. The van der Waals surface area contributed by atoms with Crippen molar-refractivity contribution in [2.75, 3.05) is 13.2 Å². The Morgan fingerprint density at radius 1 is 1.30 bits per heavy atom. The minimum atomic E-state index is 0.219. The molecule has 2 aliphatic heterocycles. The normalized spacial score (nSPS) is 29.4. The Labute approximate surface area is 138 Å². The number of nitrogens with zero attached hydrogens (tertiary/aromatic N) is 2. The van der Waals surface area contributed by atoms with Crippen molar-refractivity contribution >= 4 is 11.0 Å². The molecule has 0 bridgehead atoms. The highest BCUT2D eigenvalue weighted by atomic mass is 16.5. The van der Waals surface area contributed by atoms with E-state index in [0.717, 1.165) is 37.6 Å². The number of hydrogen-bond acceptors (Lipinski definition) is 3. The largest absolute Gasteiger partial charge is 0.372 e. The zero-order valence-corrected chi connectivity index (χ0v) is 14.2. The lowest BCUT2D eigenvalue weighted by atomic mass is 9.91. The summed E-state index contributed by atoms with van der Waals surface area (Å²) in [6, 6.07) is 4.88. The van der Waals surface area contributed by atoms with Crippen molar-refractivity contribution in [3.63, 3.8) is 0 Å². The van der Waals surface area contributed by atoms with Gasteiger partial charge in [0.15, 0.2) is 0 Å². The highest BCUT2D eigenvalue weighted by molar-refractivity contribution is 5.81. The zero-order chi connectivity index (χ0) is 15.8. The molecule has 0 unspecified atom stereocenters. The number of fused-ring (bicyclic) bond motifs is 1. The molecule has 4 rings (SSSR count). The molecule has 2 aromatic rings. The van der Waals surface area contributed by atoms with Gasteiger partial charge >= 0.3 is 0 Å². The highest BCUT2D eigenvalue weighted by Gasteiger charge is 2.29. The number of piperidine rings is 1. The summed E-state index contributed by atoms with van der Waals surface area (Å²) in [6.07, 6.45) is 7.02. The SMILES string of the molecule is C[C@H]1CCCN(Cc2c([C@H]3CCCO3)[nH]c3ncccc23)[C@H]1C. The van der Waals surface area contributed by atoms with E-state index in [1.807, 2.05) is 12.3 Å². The van der Waals surface area contributed by atoms with Crippen LogP contribution in [0.5, 0.6) is 0 Å². The van der Waals surface area contributed by atoms with Crippen LogP contribution in [0.25, 0.3) is 11.0 Å². The molecule has 0 aromatic carbocycles. The Morgan fingerprint density at radius 3 is 3.04 bits per heavy atom. The van der Waals surface area contributed by atoms with Crippen molar-refractivity contribution in [2.24, 2.45) is 5.92 Å². The molecule has 2 aliphatic rings. The zero-order valence-electron chi connectivity index (χ0n) is 14.2. The molecule has 124 valence electrons. The van der Waals surface area contributed by atoms with Gasteiger partial charge < -0.3 is 9.72 Å². The standard InChI is InChI=1S/C19H27N3O/c1-13-6-4-10-22(14(13)2)12-16-15-7-3-9-20-19(15)21-18(16)17-8-5-11-23-17/h3,7,9,13-14,17H,4-6,8,10-12H2,1-2H3,(H,20,21)/t13-,14-,17+/m0/s1. The van der Waals surface area contributed by atoms with E-state index in [2.05, 4.69) is 34.8 Å². The van der Waals surface area contributed by atoms with Gasteiger partial charge in [-0.25, -0.2) is 4.98 Å². The van der Waals surface area contributed by atoms with Crippen molar-refractivity contribution in [2.45, 2.75) is 58.2 Å². The third kappa shape index (κ3) is 2.79. The number of ether oxygens (including phenoxy) is 1. The number of H-pyrrole nitrogens is 1. The van der Waals surface area contributed by atoms with Crippen LogP contribution < -0.4 is 0 Å². The van der Waals surface area contributed by atoms with Crippen LogP contribution in [-0.4, -0.2) is 34.1 Å². The Hall–Kier alpha value is -1.39. The Kier molecular flexibility index (Phi) is 4.12. The second-order valence-electron chi connectivity index (χ2n) is 7.25. The van der Waals surface area contributed by atoms with Crippen molar-refractivity contribution < 1.29 is 4.74 Å². The maximum Gasteiger partial charge on any atom is 0.137 e. The molecule has 0 amide bonds. The molecule has 2 aromatic heterocycles. The molecule has 23 heavy (non-hydrogen) atoms. The fourth-order valence-electron chi connectivity index (χ4n) is 4.19. The molecular weight excluding hydrogens is 286 g/mol. The molecule has 2 saturated heterocycles. The van der Waals surface area contributed by atoms with E-state index >= 15 is 0 Å². The van der Waals surface area contributed by atoms with Gasteiger partial charge in [-0.2, -0.15) is 0 Å². The Balaban J connectivity index is 1.70. The van der Waals surface area contributed by atoms with Gasteiger partial charge in [0, 0.05) is 30.8 Å². The van der Waals surface area contributed by atoms with Crippen molar-refractivity contribution in [1.82, 2.24) is 14.9 Å². The number of hydrogen-bond donors (Lipinski definition) is 1. The van der Waals surface area contributed by atoms with Gasteiger partial charge in [-0.05, 0) is 62.8 Å². The fourth-order valence-corrected chi connectivity index (χ4v) is 4.19. The van der Waals surface area contributed by atoms with Crippen LogP contribution in [0.2, 0.25) is 0 Å². The van der Waals surface area contributed by atoms with Gasteiger partial charge in [0.05, 0.1) is 11.8 Å². The number of aromatic nitrogens is 2. The second kappa shape index (κ2) is 6.25. The molecule has 4 heteroatoms. The minimum absolute atomic E-state index is 0.219. The molecule has 4 nitrogen and oxygen atoms in total. The highest BCUT2D eigenvalue weighted by Crippen LogP contribution is 2.35. The molecule has 0 radical (unpaired) electrons. The van der Waals surface area contributed by atoms with E-state index < -0.39 is 0 Å². The monoisotopic (exact) mass is 313 g/mol. The van der Waals surface area contributed by atoms with Gasteiger partial charge in [0.2, 0.25) is 0 Å². The van der Waals surface area contributed by atoms with Crippen LogP contribution >= 0.6 is 0 Å². The molecule has 0 saturated carbocycles. The second-order valence-corrected chi connectivity index (χ2v) is 7.25. The summed E-state index contributed by atoms with van der Waals surface area (Å²) in [5.74, 6) is 0.776. The molecule has 4 heterocycles. The first-order valence-corrected chi connectivity index (χ1v) is 9.05. The minimum Gasteiger partial charge on any atom is -0.372 e. The topological polar surface area (TPSA) is 41.1 Å². The van der Waals surface area contributed by atoms with Crippen LogP contribution in [0.3, 0.4) is 0 Å². The smallest absolute Gasteiger partial charge is 0.137 e. The number of likely N-dealkylation sites (tertiary alicyclic amines) is 1. The number of aromatic amines is 1. The van der Waals surface area contributed by atoms with Gasteiger partial charge in [-0.1, -0.05) is 6.92 Å². The van der Waals surface area contributed by atoms with E-state index in [1.54, 1.807) is 0 Å². The predicted molar refractivity (Wildman–Crippen MR) is 92.3 cm³/mol. The summed E-state index contributed by atoms with van der Waals surface area (Å²) in [6.45, 7) is 7.84. The van der Waals surface area contributed by atoms with Crippen molar-refractivity contribution in [3.05, 3.63) is 29.6 Å². The van der Waals surface area contributed by atoms with E-state index in [4.69, 9.17) is 4.74 Å². The average molecular weight is 313 g/mol. The lowest BCUT2D eigenvalue weighted by molar-refractivity contribution is 0.0965. The summed E-state index contributed by atoms with van der Waals surface area (Å²) in [4.78, 5) is 10.7. The van der Waals surface area contributed by atoms with E-state index in [9.17, 15) is 0 Å². The Morgan fingerprint density at radius 2 is 2.22 bits per heavy atom. The lowest BCUT2D eigenvalue weighted by Crippen LogP contribution is -2.41. The molecule has 0 aliphatic carbocycles. The van der Waals surface area contributed by atoms with Crippen LogP contribution in [0.1, 0.15) is 56.9 Å². The number of rotatable bonds is 3. The molecule has 3 atom stereocenters. The van der Waals surface area contributed by atoms with Gasteiger partial charge in [0.1, 0.15) is 5.65 Å². The van der Waals surface area contributed by atoms with Gasteiger partial charge in [-0.3, -0.25) is 4.90 Å². The first-order valence-electron chi connectivity index (χ1n) is 9.05. The maximum atomic E-state index is 5.97. The van der Waals surface area contributed by atoms with Crippen LogP contribution in [0.15, 0.2) is 18.3 Å². The molecule has 1 N–H and O–H groups in total. The van der Waals surface area contributed by atoms with Crippen LogP contribution in [0, 0.1) is 5.92 Å². The predicted octanol–water partition coefficient (Wildman–Crippen LogP) is 4.03.